The molecule has 7 rings (SSSR count). The zero-order valence-electron chi connectivity index (χ0n) is 30.5. The van der Waals surface area contributed by atoms with Crippen molar-refractivity contribution >= 4 is 35.7 Å². The summed E-state index contributed by atoms with van der Waals surface area (Å²) >= 11 is 0. The molecule has 12 heteroatoms. The van der Waals surface area contributed by atoms with Crippen LogP contribution in [-0.4, -0.2) is 80.3 Å². The van der Waals surface area contributed by atoms with Gasteiger partial charge in [-0.15, -0.1) is 0 Å². The zero-order valence-corrected chi connectivity index (χ0v) is 30.5. The van der Waals surface area contributed by atoms with E-state index in [-0.39, 0.29) is 18.9 Å². The first-order valence-corrected chi connectivity index (χ1v) is 18.6. The fourth-order valence-electron chi connectivity index (χ4n) is 7.80. The van der Waals surface area contributed by atoms with Crippen LogP contribution in [0.25, 0.3) is 0 Å². The lowest BCUT2D eigenvalue weighted by molar-refractivity contribution is -0.141. The number of nitrogens with one attached hydrogen (secondary N) is 2. The molecule has 0 aliphatic carbocycles. The third-order valence-electron chi connectivity index (χ3n) is 11.2. The van der Waals surface area contributed by atoms with Crippen molar-refractivity contribution in [2.24, 2.45) is 0 Å². The number of carbonyl (C=O) groups is 3. The van der Waals surface area contributed by atoms with E-state index in [4.69, 9.17) is 0 Å². The Kier molecular flexibility index (Phi) is 10.8. The highest BCUT2D eigenvalue weighted by Crippen LogP contribution is 2.35. The highest BCUT2D eigenvalue weighted by atomic mass is 16.3. The van der Waals surface area contributed by atoms with Gasteiger partial charge in [0.15, 0.2) is 0 Å². The molecule has 3 fully saturated rings. The van der Waals surface area contributed by atoms with Crippen molar-refractivity contribution in [1.29, 1.82) is 0 Å². The maximum absolute atomic E-state index is 12.4. The Hall–Kier alpha value is -5.20. The molecule has 3 aliphatic heterocycles. The molecule has 3 amide bonds. The standard InChI is InChI=1S/C41H48N8O4/c1-28-3-7-34(23-33(28)26-49(27-50)36-10-12-38(51)46-39(36)52)41(53)16-21-47(22-17-41)25-30-4-8-35(9-5-30)48-19-14-31(15-20-48)32-6-11-37(43-24-32)45-40-42-18-13-29(2)44-40/h3-9,11,13,18,23-24,27,31,36,53H,10,12,14-17,19-22,25-26H2,1-2H3,(H,46,51,52)(H,42,43,44,45). The summed E-state index contributed by atoms with van der Waals surface area (Å²) in [6.45, 7) is 8.48. The third-order valence-corrected chi connectivity index (χ3v) is 11.2. The normalized spacial score (nSPS) is 19.5. The summed E-state index contributed by atoms with van der Waals surface area (Å²) in [6.07, 6.45) is 8.25. The van der Waals surface area contributed by atoms with Crippen molar-refractivity contribution in [3.63, 3.8) is 0 Å². The first-order valence-electron chi connectivity index (χ1n) is 18.6. The number of hydrogen-bond donors (Lipinski definition) is 3. The predicted octanol–water partition coefficient (Wildman–Crippen LogP) is 4.86. The molecule has 1 atom stereocenters. The second kappa shape index (κ2) is 15.8. The van der Waals surface area contributed by atoms with Crippen LogP contribution in [-0.2, 0) is 33.1 Å². The number of imide groups is 1. The number of piperidine rings is 3. The smallest absolute Gasteiger partial charge is 0.249 e. The van der Waals surface area contributed by atoms with Gasteiger partial charge in [0.05, 0.1) is 5.60 Å². The summed E-state index contributed by atoms with van der Waals surface area (Å²) in [7, 11) is 0. The number of aliphatic hydroxyl groups is 1. The second-order valence-electron chi connectivity index (χ2n) is 14.7. The van der Waals surface area contributed by atoms with Crippen LogP contribution in [0.15, 0.2) is 73.1 Å². The lowest BCUT2D eigenvalue weighted by Gasteiger charge is -2.39. The molecule has 276 valence electrons. The van der Waals surface area contributed by atoms with Crippen LogP contribution in [0.2, 0.25) is 0 Å². The van der Waals surface area contributed by atoms with Gasteiger partial charge in [-0.3, -0.25) is 24.6 Å². The van der Waals surface area contributed by atoms with Crippen LogP contribution in [0.5, 0.6) is 0 Å². The maximum Gasteiger partial charge on any atom is 0.249 e. The second-order valence-corrected chi connectivity index (χ2v) is 14.7. The van der Waals surface area contributed by atoms with Crippen LogP contribution in [0.1, 0.15) is 78.0 Å². The van der Waals surface area contributed by atoms with Crippen molar-refractivity contribution in [2.75, 3.05) is 36.4 Å². The largest absolute Gasteiger partial charge is 0.385 e. The van der Waals surface area contributed by atoms with E-state index in [0.717, 1.165) is 73.8 Å². The van der Waals surface area contributed by atoms with Gasteiger partial charge >= 0.3 is 0 Å². The number of aromatic nitrogens is 3. The van der Waals surface area contributed by atoms with Crippen LogP contribution in [0, 0.1) is 13.8 Å². The molecular formula is C41H48N8O4. The Morgan fingerprint density at radius 2 is 1.74 bits per heavy atom. The summed E-state index contributed by atoms with van der Waals surface area (Å²) < 4.78 is 0. The lowest BCUT2D eigenvalue weighted by atomic mass is 9.83. The van der Waals surface area contributed by atoms with E-state index in [9.17, 15) is 19.5 Å². The molecule has 5 heterocycles. The van der Waals surface area contributed by atoms with Crippen LogP contribution < -0.4 is 15.5 Å². The Labute approximate surface area is 310 Å². The number of nitrogens with zero attached hydrogens (tertiary/aromatic N) is 6. The molecule has 0 spiro atoms. The Balaban J connectivity index is 0.886. The summed E-state index contributed by atoms with van der Waals surface area (Å²) in [4.78, 5) is 55.6. The molecule has 53 heavy (non-hydrogen) atoms. The highest BCUT2D eigenvalue weighted by molar-refractivity contribution is 6.00. The van der Waals surface area contributed by atoms with E-state index in [0.29, 0.717) is 37.5 Å². The Morgan fingerprint density at radius 1 is 0.962 bits per heavy atom. The minimum Gasteiger partial charge on any atom is -0.385 e. The summed E-state index contributed by atoms with van der Waals surface area (Å²) in [5.41, 5.74) is 6.40. The lowest BCUT2D eigenvalue weighted by Crippen LogP contribution is -2.51. The fraction of sp³-hybridized carbons (Fsp3) is 0.415. The topological polar surface area (TPSA) is 144 Å². The average molecular weight is 717 g/mol. The number of aryl methyl sites for hydroxylation is 2. The number of benzene rings is 2. The molecule has 0 saturated carbocycles. The minimum absolute atomic E-state index is 0.208. The first kappa shape index (κ1) is 36.2. The Bertz CT molecular complexity index is 1920. The molecule has 1 unspecified atom stereocenters. The molecule has 3 N–H and O–H groups in total. The van der Waals surface area contributed by atoms with Crippen molar-refractivity contribution in [3.05, 3.63) is 107 Å². The van der Waals surface area contributed by atoms with Crippen LogP contribution in [0.3, 0.4) is 0 Å². The highest BCUT2D eigenvalue weighted by Gasteiger charge is 2.35. The van der Waals surface area contributed by atoms with Crippen LogP contribution >= 0.6 is 0 Å². The van der Waals surface area contributed by atoms with E-state index in [2.05, 4.69) is 65.7 Å². The van der Waals surface area contributed by atoms with Gasteiger partial charge in [-0.1, -0.05) is 36.4 Å². The van der Waals surface area contributed by atoms with Gasteiger partial charge in [0.1, 0.15) is 11.9 Å². The molecule has 4 aromatic rings. The summed E-state index contributed by atoms with van der Waals surface area (Å²) in [5, 5.41) is 17.3. The molecule has 0 radical (unpaired) electrons. The van der Waals surface area contributed by atoms with E-state index < -0.39 is 17.6 Å². The van der Waals surface area contributed by atoms with E-state index >= 15 is 0 Å². The molecule has 2 aromatic heterocycles. The van der Waals surface area contributed by atoms with Crippen molar-refractivity contribution in [3.8, 4) is 0 Å². The molecule has 0 bridgehead atoms. The van der Waals surface area contributed by atoms with Gasteiger partial charge < -0.3 is 20.2 Å². The molecule has 3 aliphatic rings. The van der Waals surface area contributed by atoms with Crippen molar-refractivity contribution in [1.82, 2.24) is 30.1 Å². The number of hydrogen-bond acceptors (Lipinski definition) is 10. The predicted molar refractivity (Wildman–Crippen MR) is 202 cm³/mol. The number of pyridine rings is 1. The fourth-order valence-corrected chi connectivity index (χ4v) is 7.80. The zero-order chi connectivity index (χ0) is 37.0. The first-order chi connectivity index (χ1) is 25.7. The quantitative estimate of drug-likeness (QED) is 0.145. The SMILES string of the molecule is Cc1ccnc(Nc2ccc(C3CCN(c4ccc(CN5CCC(O)(c6ccc(C)c(CN(C=O)C7CCC(=O)NC7=O)c6)CC5)cc4)CC3)cn2)n1. The van der Waals surface area contributed by atoms with Gasteiger partial charge in [0.25, 0.3) is 0 Å². The molecular weight excluding hydrogens is 669 g/mol. The molecule has 3 saturated heterocycles. The molecule has 2 aromatic carbocycles. The van der Waals surface area contributed by atoms with Gasteiger partial charge in [-0.05, 0) is 104 Å². The molecule has 12 nitrogen and oxygen atoms in total. The van der Waals surface area contributed by atoms with E-state index in [1.807, 2.05) is 50.4 Å². The van der Waals surface area contributed by atoms with E-state index in [1.54, 1.807) is 6.20 Å². The van der Waals surface area contributed by atoms with Gasteiger partial charge in [-0.2, -0.15) is 0 Å². The van der Waals surface area contributed by atoms with Crippen molar-refractivity contribution in [2.45, 2.75) is 83.0 Å². The number of likely N-dealkylation sites (tertiary alicyclic amines) is 1. The number of carbonyl (C=O) groups excluding carboxylic acids is 3. The number of amides is 3. The number of rotatable bonds is 11. The average Bonchev–Trinajstić information content (AvgIpc) is 3.16. The van der Waals surface area contributed by atoms with E-state index in [1.165, 1.54) is 21.7 Å². The van der Waals surface area contributed by atoms with Gasteiger partial charge in [0, 0.05) is 69.5 Å². The van der Waals surface area contributed by atoms with Gasteiger partial charge in [-0.25, -0.2) is 15.0 Å². The maximum atomic E-state index is 12.4. The van der Waals surface area contributed by atoms with Crippen molar-refractivity contribution < 1.29 is 19.5 Å². The summed E-state index contributed by atoms with van der Waals surface area (Å²) in [5.74, 6) is 1.02. The van der Waals surface area contributed by atoms with Gasteiger partial charge in [0.2, 0.25) is 24.2 Å². The third kappa shape index (κ3) is 8.55. The monoisotopic (exact) mass is 716 g/mol. The van der Waals surface area contributed by atoms with Crippen LogP contribution in [0.4, 0.5) is 17.5 Å². The summed E-state index contributed by atoms with van der Waals surface area (Å²) in [6, 6.07) is 20.2. The number of anilines is 3. The Morgan fingerprint density at radius 3 is 2.42 bits per heavy atom. The minimum atomic E-state index is -0.971.